The Kier molecular flexibility index (Phi) is 3.99. The molecule has 0 saturated heterocycles. The van der Waals surface area contributed by atoms with Crippen molar-refractivity contribution in [1.29, 1.82) is 0 Å². The SMILES string of the molecule is COc1cccc(S(=O)(=O)c2cc3cc(Br)ccc3oc2=O)c1. The standard InChI is InChI=1S/C16H11BrO5S/c1-21-12-3-2-4-13(9-12)23(19,20)15-8-10-7-11(17)5-6-14(10)22-16(15)18/h2-9H,1H3. The van der Waals surface area contributed by atoms with Gasteiger partial charge in [0.05, 0.1) is 12.0 Å². The molecule has 0 fully saturated rings. The predicted octanol–water partition coefficient (Wildman–Crippen LogP) is 3.40. The summed E-state index contributed by atoms with van der Waals surface area (Å²) in [6.07, 6.45) is 0. The third-order valence-corrected chi connectivity index (χ3v) is 5.53. The minimum Gasteiger partial charge on any atom is -0.497 e. The maximum absolute atomic E-state index is 12.7. The molecule has 0 aliphatic heterocycles. The number of fused-ring (bicyclic) bond motifs is 1. The zero-order valence-electron chi connectivity index (χ0n) is 11.9. The summed E-state index contributed by atoms with van der Waals surface area (Å²) >= 11 is 3.30. The third-order valence-electron chi connectivity index (χ3n) is 3.30. The maximum Gasteiger partial charge on any atom is 0.355 e. The second-order valence-corrected chi connectivity index (χ2v) is 7.60. The van der Waals surface area contributed by atoms with Crippen molar-refractivity contribution in [2.45, 2.75) is 9.79 Å². The van der Waals surface area contributed by atoms with Crippen LogP contribution in [0.1, 0.15) is 0 Å². The number of sulfone groups is 1. The number of rotatable bonds is 3. The average Bonchev–Trinajstić information content (AvgIpc) is 2.54. The molecular formula is C16H11BrO5S. The van der Waals surface area contributed by atoms with Gasteiger partial charge in [0.1, 0.15) is 11.3 Å². The normalized spacial score (nSPS) is 11.6. The monoisotopic (exact) mass is 394 g/mol. The third kappa shape index (κ3) is 2.89. The number of hydrogen-bond acceptors (Lipinski definition) is 5. The van der Waals surface area contributed by atoms with E-state index in [0.717, 1.165) is 4.47 Å². The molecule has 23 heavy (non-hydrogen) atoms. The van der Waals surface area contributed by atoms with Crippen molar-refractivity contribution in [1.82, 2.24) is 0 Å². The van der Waals surface area contributed by atoms with E-state index in [0.29, 0.717) is 16.7 Å². The first-order valence-corrected chi connectivity index (χ1v) is 8.82. The van der Waals surface area contributed by atoms with Gasteiger partial charge in [0.15, 0.2) is 4.90 Å². The van der Waals surface area contributed by atoms with E-state index in [-0.39, 0.29) is 4.90 Å². The molecule has 7 heteroatoms. The average molecular weight is 395 g/mol. The van der Waals surface area contributed by atoms with E-state index in [1.165, 1.54) is 25.3 Å². The largest absolute Gasteiger partial charge is 0.497 e. The van der Waals surface area contributed by atoms with E-state index in [1.807, 2.05) is 0 Å². The van der Waals surface area contributed by atoms with Crippen LogP contribution in [-0.2, 0) is 9.84 Å². The van der Waals surface area contributed by atoms with E-state index in [4.69, 9.17) is 9.15 Å². The molecule has 0 aliphatic rings. The van der Waals surface area contributed by atoms with Gasteiger partial charge < -0.3 is 9.15 Å². The van der Waals surface area contributed by atoms with Gasteiger partial charge in [-0.1, -0.05) is 22.0 Å². The Hall–Kier alpha value is -2.12. The molecule has 2 aromatic carbocycles. The van der Waals surface area contributed by atoms with Gasteiger partial charge >= 0.3 is 5.63 Å². The summed E-state index contributed by atoms with van der Waals surface area (Å²) in [5, 5.41) is 0.514. The van der Waals surface area contributed by atoms with Crippen LogP contribution < -0.4 is 10.4 Å². The van der Waals surface area contributed by atoms with E-state index in [1.54, 1.807) is 30.3 Å². The molecule has 5 nitrogen and oxygen atoms in total. The molecule has 1 aromatic heterocycles. The summed E-state index contributed by atoms with van der Waals surface area (Å²) in [5.74, 6) is 0.388. The van der Waals surface area contributed by atoms with Crippen molar-refractivity contribution >= 4 is 36.7 Å². The number of hydrogen-bond donors (Lipinski definition) is 0. The van der Waals surface area contributed by atoms with Gasteiger partial charge in [-0.05, 0) is 42.5 Å². The predicted molar refractivity (Wildman–Crippen MR) is 88.6 cm³/mol. The van der Waals surface area contributed by atoms with Crippen LogP contribution in [0.5, 0.6) is 5.75 Å². The highest BCUT2D eigenvalue weighted by Gasteiger charge is 2.23. The van der Waals surface area contributed by atoms with Crippen molar-refractivity contribution < 1.29 is 17.6 Å². The first kappa shape index (κ1) is 15.8. The molecule has 0 bridgehead atoms. The molecule has 0 spiro atoms. The Morgan fingerprint density at radius 1 is 1.09 bits per heavy atom. The summed E-state index contributed by atoms with van der Waals surface area (Å²) in [6.45, 7) is 0. The lowest BCUT2D eigenvalue weighted by molar-refractivity contribution is 0.413. The van der Waals surface area contributed by atoms with E-state index < -0.39 is 20.4 Å². The van der Waals surface area contributed by atoms with E-state index in [9.17, 15) is 13.2 Å². The van der Waals surface area contributed by atoms with Gasteiger partial charge in [0, 0.05) is 9.86 Å². The number of halogens is 1. The van der Waals surface area contributed by atoms with E-state index in [2.05, 4.69) is 15.9 Å². The van der Waals surface area contributed by atoms with Crippen LogP contribution in [0.2, 0.25) is 0 Å². The van der Waals surface area contributed by atoms with Gasteiger partial charge in [0.2, 0.25) is 9.84 Å². The molecule has 0 radical (unpaired) electrons. The molecule has 0 N–H and O–H groups in total. The molecule has 3 aromatic rings. The lowest BCUT2D eigenvalue weighted by Crippen LogP contribution is -2.14. The molecule has 0 aliphatic carbocycles. The van der Waals surface area contributed by atoms with Gasteiger partial charge in [0.25, 0.3) is 0 Å². The quantitative estimate of drug-likeness (QED) is 0.636. The fourth-order valence-electron chi connectivity index (χ4n) is 2.16. The van der Waals surface area contributed by atoms with Crippen LogP contribution in [0.4, 0.5) is 0 Å². The topological polar surface area (TPSA) is 73.6 Å². The Bertz CT molecular complexity index is 1050. The second-order valence-electron chi connectivity index (χ2n) is 4.76. The zero-order valence-corrected chi connectivity index (χ0v) is 14.3. The molecule has 0 atom stereocenters. The van der Waals surface area contributed by atoms with Crippen LogP contribution in [0.3, 0.4) is 0 Å². The highest BCUT2D eigenvalue weighted by Crippen LogP contribution is 2.26. The smallest absolute Gasteiger partial charge is 0.355 e. The molecule has 3 rings (SSSR count). The van der Waals surface area contributed by atoms with Crippen LogP contribution in [0.15, 0.2) is 72.0 Å². The van der Waals surface area contributed by atoms with Crippen molar-refractivity contribution in [3.8, 4) is 5.75 Å². The number of methoxy groups -OCH3 is 1. The van der Waals surface area contributed by atoms with Crippen LogP contribution in [-0.4, -0.2) is 15.5 Å². The fraction of sp³-hybridized carbons (Fsp3) is 0.0625. The van der Waals surface area contributed by atoms with Gasteiger partial charge in [-0.25, -0.2) is 13.2 Å². The molecule has 1 heterocycles. The fourth-order valence-corrected chi connectivity index (χ4v) is 3.86. The lowest BCUT2D eigenvalue weighted by Gasteiger charge is -2.06. The van der Waals surface area contributed by atoms with Crippen molar-refractivity contribution in [3.05, 3.63) is 63.4 Å². The van der Waals surface area contributed by atoms with Crippen LogP contribution in [0, 0.1) is 0 Å². The Morgan fingerprint density at radius 3 is 2.61 bits per heavy atom. The van der Waals surface area contributed by atoms with Crippen molar-refractivity contribution in [2.24, 2.45) is 0 Å². The molecular weight excluding hydrogens is 384 g/mol. The first-order valence-electron chi connectivity index (χ1n) is 6.54. The van der Waals surface area contributed by atoms with E-state index >= 15 is 0 Å². The molecule has 0 amide bonds. The summed E-state index contributed by atoms with van der Waals surface area (Å²) in [6, 6.07) is 12.3. The Balaban J connectivity index is 2.25. The Labute approximate surface area is 140 Å². The summed E-state index contributed by atoms with van der Waals surface area (Å²) in [5.41, 5.74) is -0.578. The molecule has 0 unspecified atom stereocenters. The Morgan fingerprint density at radius 2 is 1.87 bits per heavy atom. The first-order chi connectivity index (χ1) is 10.9. The zero-order chi connectivity index (χ0) is 16.6. The molecule has 0 saturated carbocycles. The molecule has 118 valence electrons. The minimum absolute atomic E-state index is 0.0292. The van der Waals surface area contributed by atoms with Gasteiger partial charge in [-0.15, -0.1) is 0 Å². The maximum atomic E-state index is 12.7. The number of benzene rings is 2. The highest BCUT2D eigenvalue weighted by atomic mass is 79.9. The highest BCUT2D eigenvalue weighted by molar-refractivity contribution is 9.10. The summed E-state index contributed by atoms with van der Waals surface area (Å²) in [7, 11) is -2.57. The van der Waals surface area contributed by atoms with Crippen molar-refractivity contribution in [2.75, 3.05) is 7.11 Å². The van der Waals surface area contributed by atoms with Crippen LogP contribution >= 0.6 is 15.9 Å². The minimum atomic E-state index is -4.01. The van der Waals surface area contributed by atoms with Crippen molar-refractivity contribution in [3.63, 3.8) is 0 Å². The van der Waals surface area contributed by atoms with Gasteiger partial charge in [-0.2, -0.15) is 0 Å². The summed E-state index contributed by atoms with van der Waals surface area (Å²) in [4.78, 5) is 11.7. The lowest BCUT2D eigenvalue weighted by atomic mass is 10.2. The number of ether oxygens (including phenoxy) is 1. The van der Waals surface area contributed by atoms with Gasteiger partial charge in [-0.3, -0.25) is 0 Å². The van der Waals surface area contributed by atoms with Crippen LogP contribution in [0.25, 0.3) is 11.0 Å². The summed E-state index contributed by atoms with van der Waals surface area (Å²) < 4.78 is 36.4. The second kappa shape index (κ2) is 5.82.